The van der Waals surface area contributed by atoms with Crippen molar-refractivity contribution >= 4 is 64.0 Å². The molecule has 0 saturated carbocycles. The molecule has 0 spiro atoms. The summed E-state index contributed by atoms with van der Waals surface area (Å²) in [5.74, 6) is -0.108. The summed E-state index contributed by atoms with van der Waals surface area (Å²) in [6, 6.07) is 12.8. The molecule has 144 valence electrons. The number of amides is 1. The zero-order chi connectivity index (χ0) is 19.7. The molecule has 0 saturated heterocycles. The Labute approximate surface area is 170 Å². The van der Waals surface area contributed by atoms with Crippen LogP contribution in [0.2, 0.25) is 0 Å². The first kappa shape index (κ1) is 19.0. The molecule has 6 nitrogen and oxygen atoms in total. The molecule has 2 aromatic heterocycles. The Bertz CT molecular complexity index is 1240. The highest BCUT2D eigenvalue weighted by Crippen LogP contribution is 2.28. The Hall–Kier alpha value is -2.36. The van der Waals surface area contributed by atoms with Gasteiger partial charge in [-0.2, -0.15) is 0 Å². The van der Waals surface area contributed by atoms with Crippen LogP contribution < -0.4 is 5.32 Å². The fourth-order valence-corrected chi connectivity index (χ4v) is 5.45. The molecule has 4 rings (SSSR count). The van der Waals surface area contributed by atoms with Gasteiger partial charge in [0.15, 0.2) is 15.0 Å². The lowest BCUT2D eigenvalue weighted by Gasteiger charge is -2.00. The maximum atomic E-state index is 12.2. The Morgan fingerprint density at radius 1 is 1.04 bits per heavy atom. The van der Waals surface area contributed by atoms with E-state index in [4.69, 9.17) is 0 Å². The largest absolute Gasteiger partial charge is 0.302 e. The molecule has 0 bridgehead atoms. The van der Waals surface area contributed by atoms with Crippen LogP contribution in [0.1, 0.15) is 17.8 Å². The van der Waals surface area contributed by atoms with E-state index in [2.05, 4.69) is 15.3 Å². The van der Waals surface area contributed by atoms with Crippen molar-refractivity contribution in [3.63, 3.8) is 0 Å². The number of anilines is 1. The molecule has 2 heterocycles. The number of fused-ring (bicyclic) bond motifs is 2. The van der Waals surface area contributed by atoms with Crippen molar-refractivity contribution in [3.05, 3.63) is 47.5 Å². The zero-order valence-corrected chi connectivity index (χ0v) is 17.5. The molecular weight excluding hydrogens is 414 g/mol. The summed E-state index contributed by atoms with van der Waals surface area (Å²) in [4.78, 5) is 21.4. The molecule has 4 aromatic rings. The fourth-order valence-electron chi connectivity index (χ4n) is 2.80. The Morgan fingerprint density at radius 2 is 1.82 bits per heavy atom. The van der Waals surface area contributed by atoms with Crippen molar-refractivity contribution in [2.45, 2.75) is 24.2 Å². The average molecular weight is 432 g/mol. The van der Waals surface area contributed by atoms with E-state index in [1.165, 1.54) is 23.7 Å². The van der Waals surface area contributed by atoms with Gasteiger partial charge in [0.1, 0.15) is 0 Å². The van der Waals surface area contributed by atoms with Crippen LogP contribution in [0.5, 0.6) is 0 Å². The number of nitrogens with one attached hydrogen (secondary N) is 1. The van der Waals surface area contributed by atoms with Gasteiger partial charge in [-0.15, -0.1) is 11.3 Å². The molecule has 0 fully saturated rings. The summed E-state index contributed by atoms with van der Waals surface area (Å²) in [5, 5.41) is 4.31. The monoisotopic (exact) mass is 431 g/mol. The van der Waals surface area contributed by atoms with Gasteiger partial charge in [-0.3, -0.25) is 4.79 Å². The predicted octanol–water partition coefficient (Wildman–Crippen LogP) is 4.27. The smallest absolute Gasteiger partial charge is 0.226 e. The fraction of sp³-hybridized carbons (Fsp3) is 0.211. The minimum Gasteiger partial charge on any atom is -0.302 e. The molecule has 0 unspecified atom stereocenters. The summed E-state index contributed by atoms with van der Waals surface area (Å²) < 4.78 is 25.2. The number of thiazole rings is 2. The van der Waals surface area contributed by atoms with Crippen LogP contribution >= 0.6 is 22.7 Å². The van der Waals surface area contributed by atoms with Crippen LogP contribution in [0.3, 0.4) is 0 Å². The van der Waals surface area contributed by atoms with Gasteiger partial charge >= 0.3 is 0 Å². The van der Waals surface area contributed by atoms with Gasteiger partial charge in [0.2, 0.25) is 5.91 Å². The number of benzene rings is 2. The molecule has 0 radical (unpaired) electrons. The minimum absolute atomic E-state index is 0.108. The van der Waals surface area contributed by atoms with Gasteiger partial charge in [0.05, 0.1) is 30.3 Å². The second-order valence-corrected chi connectivity index (χ2v) is 10.6. The third-order valence-electron chi connectivity index (χ3n) is 4.17. The maximum Gasteiger partial charge on any atom is 0.226 e. The molecule has 2 aromatic carbocycles. The Kier molecular flexibility index (Phi) is 5.13. The second kappa shape index (κ2) is 7.57. The first-order valence-corrected chi connectivity index (χ1v) is 12.2. The van der Waals surface area contributed by atoms with Crippen molar-refractivity contribution in [1.82, 2.24) is 9.97 Å². The van der Waals surface area contributed by atoms with Crippen LogP contribution in [-0.2, 0) is 21.1 Å². The van der Waals surface area contributed by atoms with Crippen LogP contribution in [0, 0.1) is 0 Å². The molecule has 9 heteroatoms. The Balaban J connectivity index is 1.36. The molecular formula is C19H17N3O3S3. The van der Waals surface area contributed by atoms with E-state index in [1.54, 1.807) is 23.5 Å². The van der Waals surface area contributed by atoms with Crippen molar-refractivity contribution < 1.29 is 13.2 Å². The van der Waals surface area contributed by atoms with E-state index in [1.807, 2.05) is 24.3 Å². The summed E-state index contributed by atoms with van der Waals surface area (Å²) in [7, 11) is -3.27. The first-order valence-electron chi connectivity index (χ1n) is 8.63. The lowest BCUT2D eigenvalue weighted by Crippen LogP contribution is -2.11. The number of nitrogens with zero attached hydrogens (tertiary/aromatic N) is 2. The van der Waals surface area contributed by atoms with Crippen molar-refractivity contribution in [3.8, 4) is 0 Å². The third-order valence-corrected chi connectivity index (χ3v) is 7.31. The minimum atomic E-state index is -3.27. The van der Waals surface area contributed by atoms with E-state index in [-0.39, 0.29) is 10.8 Å². The molecule has 0 aliphatic carbocycles. The van der Waals surface area contributed by atoms with Gasteiger partial charge in [-0.05, 0) is 43.2 Å². The topological polar surface area (TPSA) is 89.0 Å². The zero-order valence-electron chi connectivity index (χ0n) is 15.0. The van der Waals surface area contributed by atoms with E-state index < -0.39 is 9.84 Å². The third kappa shape index (κ3) is 4.21. The molecule has 1 N–H and O–H groups in total. The summed E-state index contributed by atoms with van der Waals surface area (Å²) in [5.41, 5.74) is 1.66. The number of hydrogen-bond acceptors (Lipinski definition) is 7. The van der Waals surface area contributed by atoms with Gasteiger partial charge in [-0.25, -0.2) is 18.4 Å². The van der Waals surface area contributed by atoms with Gasteiger partial charge in [0.25, 0.3) is 0 Å². The molecule has 0 aliphatic heterocycles. The average Bonchev–Trinajstić information content (AvgIpc) is 3.22. The molecule has 28 heavy (non-hydrogen) atoms. The molecule has 1 amide bonds. The number of carbonyl (C=O) groups excluding carboxylic acids is 1. The van der Waals surface area contributed by atoms with Crippen molar-refractivity contribution in [2.24, 2.45) is 0 Å². The van der Waals surface area contributed by atoms with Crippen LogP contribution in [0.4, 0.5) is 5.13 Å². The van der Waals surface area contributed by atoms with Gasteiger partial charge in [0, 0.05) is 12.7 Å². The summed E-state index contributed by atoms with van der Waals surface area (Å²) in [6.45, 7) is 0. The highest BCUT2D eigenvalue weighted by molar-refractivity contribution is 7.90. The number of hydrogen-bond donors (Lipinski definition) is 1. The summed E-state index contributed by atoms with van der Waals surface area (Å²) >= 11 is 2.93. The standard InChI is InChI=1S/C19H17N3O3S3/c1-28(24,25)12-9-10-14-16(11-12)27-19(21-14)22-17(23)7-4-8-18-20-13-5-2-3-6-15(13)26-18/h2-3,5-6,9-11H,4,7-8H2,1H3,(H,21,22,23). The van der Waals surface area contributed by atoms with E-state index in [0.717, 1.165) is 26.3 Å². The van der Waals surface area contributed by atoms with Crippen LogP contribution in [-0.4, -0.2) is 30.5 Å². The quantitative estimate of drug-likeness (QED) is 0.492. The van der Waals surface area contributed by atoms with Gasteiger partial charge < -0.3 is 5.32 Å². The van der Waals surface area contributed by atoms with Crippen LogP contribution in [0.25, 0.3) is 20.4 Å². The summed E-state index contributed by atoms with van der Waals surface area (Å²) in [6.07, 6.45) is 3.00. The number of rotatable bonds is 6. The Morgan fingerprint density at radius 3 is 2.61 bits per heavy atom. The second-order valence-electron chi connectivity index (χ2n) is 6.40. The number of para-hydroxylation sites is 1. The SMILES string of the molecule is CS(=O)(=O)c1ccc2nc(NC(=O)CCCc3nc4ccccc4s3)sc2c1. The van der Waals surface area contributed by atoms with Crippen LogP contribution in [0.15, 0.2) is 47.4 Å². The van der Waals surface area contributed by atoms with E-state index in [9.17, 15) is 13.2 Å². The number of carbonyl (C=O) groups is 1. The number of aryl methyl sites for hydroxylation is 1. The highest BCUT2D eigenvalue weighted by Gasteiger charge is 2.12. The molecule has 0 atom stereocenters. The normalized spacial score (nSPS) is 11.9. The van der Waals surface area contributed by atoms with Crippen molar-refractivity contribution in [2.75, 3.05) is 11.6 Å². The lowest BCUT2D eigenvalue weighted by atomic mass is 10.2. The maximum absolute atomic E-state index is 12.2. The number of sulfone groups is 1. The molecule has 0 aliphatic rings. The highest BCUT2D eigenvalue weighted by atomic mass is 32.2. The first-order chi connectivity index (χ1) is 13.4. The number of aromatic nitrogens is 2. The van der Waals surface area contributed by atoms with E-state index >= 15 is 0 Å². The predicted molar refractivity (Wildman–Crippen MR) is 114 cm³/mol. The van der Waals surface area contributed by atoms with Crippen molar-refractivity contribution in [1.29, 1.82) is 0 Å². The lowest BCUT2D eigenvalue weighted by molar-refractivity contribution is -0.116. The van der Waals surface area contributed by atoms with E-state index in [0.29, 0.717) is 23.5 Å². The van der Waals surface area contributed by atoms with Gasteiger partial charge in [-0.1, -0.05) is 23.5 Å².